The Morgan fingerprint density at radius 3 is 1.83 bits per heavy atom. The first-order valence-corrected chi connectivity index (χ1v) is 12.8. The van der Waals surface area contributed by atoms with Gasteiger partial charge in [-0.3, -0.25) is 4.57 Å². The van der Waals surface area contributed by atoms with Gasteiger partial charge in [0.25, 0.3) is 0 Å². The Balaban J connectivity index is 1.43. The van der Waals surface area contributed by atoms with Crippen molar-refractivity contribution in [1.82, 2.24) is 9.55 Å². The highest BCUT2D eigenvalue weighted by atomic mass is 32.2. The molecule has 0 N–H and O–H groups in total. The number of para-hydroxylation sites is 2. The van der Waals surface area contributed by atoms with Crippen molar-refractivity contribution in [3.8, 4) is 39.1 Å². The maximum absolute atomic E-state index is 4.89. The molecule has 35 heavy (non-hydrogen) atoms. The summed E-state index contributed by atoms with van der Waals surface area (Å²) in [5.74, 6) is 0.943. The van der Waals surface area contributed by atoms with Crippen LogP contribution in [0, 0.1) is 0 Å². The van der Waals surface area contributed by atoms with Gasteiger partial charge in [-0.05, 0) is 75.3 Å². The molecule has 0 bridgehead atoms. The van der Waals surface area contributed by atoms with Crippen LogP contribution in [0.25, 0.3) is 50.1 Å². The largest absolute Gasteiger partial charge is 0.287 e. The molecule has 166 valence electrons. The fraction of sp³-hybridized carbons (Fsp3) is 0.0312. The summed E-state index contributed by atoms with van der Waals surface area (Å²) in [6.07, 6.45) is 0. The standard InChI is InChI=1S/C32H22N2S/c1-3-9-22(10-4-1)26-17-27(23-11-5-2-6-12-23)19-28(18-26)24-15-16-25-21-35-32-33-29-13-7-8-14-30(29)34(32)31(25)20-24/h1-20H,21H2. The lowest BCUT2D eigenvalue weighted by Gasteiger charge is -2.20. The Hall–Kier alpha value is -4.08. The van der Waals surface area contributed by atoms with Crippen LogP contribution in [0.1, 0.15) is 5.56 Å². The Bertz CT molecular complexity index is 1630. The summed E-state index contributed by atoms with van der Waals surface area (Å²) in [4.78, 5) is 4.89. The predicted molar refractivity (Wildman–Crippen MR) is 147 cm³/mol. The molecule has 2 nitrogen and oxygen atoms in total. The van der Waals surface area contributed by atoms with E-state index in [2.05, 4.69) is 126 Å². The van der Waals surface area contributed by atoms with Gasteiger partial charge in [-0.1, -0.05) is 96.7 Å². The highest BCUT2D eigenvalue weighted by Crippen LogP contribution is 2.40. The minimum atomic E-state index is 0.943. The molecule has 7 rings (SSSR count). The zero-order chi connectivity index (χ0) is 23.2. The third kappa shape index (κ3) is 3.56. The third-order valence-corrected chi connectivity index (χ3v) is 7.68. The number of rotatable bonds is 3. The Labute approximate surface area is 208 Å². The van der Waals surface area contributed by atoms with Crippen LogP contribution in [0.15, 0.2) is 126 Å². The number of hydrogen-bond donors (Lipinski definition) is 0. The van der Waals surface area contributed by atoms with Gasteiger partial charge in [-0.15, -0.1) is 0 Å². The molecule has 6 aromatic rings. The molecule has 0 atom stereocenters. The number of nitrogens with zero attached hydrogens (tertiary/aromatic N) is 2. The fourth-order valence-electron chi connectivity index (χ4n) is 4.94. The summed E-state index contributed by atoms with van der Waals surface area (Å²) in [6, 6.07) is 43.5. The summed E-state index contributed by atoms with van der Waals surface area (Å²) < 4.78 is 2.32. The SMILES string of the molecule is c1ccc(-c2cc(-c3ccccc3)cc(-c3ccc4c(c3)-n3c(nc5ccccc53)SC4)c2)cc1. The third-order valence-electron chi connectivity index (χ3n) is 6.69. The van der Waals surface area contributed by atoms with E-state index in [9.17, 15) is 0 Å². The van der Waals surface area contributed by atoms with E-state index in [0.717, 1.165) is 21.9 Å². The zero-order valence-corrected chi connectivity index (χ0v) is 19.9. The van der Waals surface area contributed by atoms with Gasteiger partial charge in [0, 0.05) is 5.75 Å². The molecular weight excluding hydrogens is 444 g/mol. The van der Waals surface area contributed by atoms with Crippen LogP contribution in [0.5, 0.6) is 0 Å². The zero-order valence-electron chi connectivity index (χ0n) is 19.1. The summed E-state index contributed by atoms with van der Waals surface area (Å²) in [6.45, 7) is 0. The Kier molecular flexibility index (Phi) is 4.81. The summed E-state index contributed by atoms with van der Waals surface area (Å²) in [7, 11) is 0. The van der Waals surface area contributed by atoms with Crippen LogP contribution in [-0.2, 0) is 5.75 Å². The van der Waals surface area contributed by atoms with E-state index in [1.54, 1.807) is 0 Å². The van der Waals surface area contributed by atoms with Crippen molar-refractivity contribution in [3.63, 3.8) is 0 Å². The van der Waals surface area contributed by atoms with Crippen LogP contribution >= 0.6 is 11.8 Å². The molecular formula is C32H22N2S. The first-order chi connectivity index (χ1) is 17.3. The molecule has 1 aromatic heterocycles. The van der Waals surface area contributed by atoms with Crippen molar-refractivity contribution in [2.24, 2.45) is 0 Å². The normalized spacial score (nSPS) is 12.3. The van der Waals surface area contributed by atoms with Gasteiger partial charge in [0.05, 0.1) is 16.7 Å². The lowest BCUT2D eigenvalue weighted by molar-refractivity contribution is 0.895. The molecule has 1 aliphatic rings. The fourth-order valence-corrected chi connectivity index (χ4v) is 5.96. The number of fused-ring (bicyclic) bond motifs is 5. The van der Waals surface area contributed by atoms with E-state index in [-0.39, 0.29) is 0 Å². The van der Waals surface area contributed by atoms with Gasteiger partial charge in [0.2, 0.25) is 0 Å². The summed E-state index contributed by atoms with van der Waals surface area (Å²) >= 11 is 1.81. The molecule has 0 saturated heterocycles. The van der Waals surface area contributed by atoms with Gasteiger partial charge in [-0.2, -0.15) is 0 Å². The van der Waals surface area contributed by atoms with Crippen LogP contribution < -0.4 is 0 Å². The minimum absolute atomic E-state index is 0.943. The lowest BCUT2D eigenvalue weighted by atomic mass is 9.93. The van der Waals surface area contributed by atoms with Crippen molar-refractivity contribution in [3.05, 3.63) is 127 Å². The number of hydrogen-bond acceptors (Lipinski definition) is 2. The predicted octanol–water partition coefficient (Wildman–Crippen LogP) is 8.63. The second kappa shape index (κ2) is 8.30. The van der Waals surface area contributed by atoms with E-state index < -0.39 is 0 Å². The minimum Gasteiger partial charge on any atom is -0.287 e. The van der Waals surface area contributed by atoms with Crippen LogP contribution in [0.4, 0.5) is 0 Å². The molecule has 2 heterocycles. The first-order valence-electron chi connectivity index (χ1n) is 11.8. The highest BCUT2D eigenvalue weighted by molar-refractivity contribution is 7.98. The quantitative estimate of drug-likeness (QED) is 0.260. The van der Waals surface area contributed by atoms with E-state index in [4.69, 9.17) is 4.98 Å². The van der Waals surface area contributed by atoms with Crippen LogP contribution in [0.2, 0.25) is 0 Å². The molecule has 1 aliphatic heterocycles. The van der Waals surface area contributed by atoms with Crippen molar-refractivity contribution in [2.45, 2.75) is 10.9 Å². The Morgan fingerprint density at radius 2 is 1.14 bits per heavy atom. The van der Waals surface area contributed by atoms with Crippen LogP contribution in [-0.4, -0.2) is 9.55 Å². The Morgan fingerprint density at radius 1 is 0.543 bits per heavy atom. The maximum atomic E-state index is 4.89. The maximum Gasteiger partial charge on any atom is 0.174 e. The number of aromatic nitrogens is 2. The topological polar surface area (TPSA) is 17.8 Å². The molecule has 0 unspecified atom stereocenters. The van der Waals surface area contributed by atoms with E-state index in [1.807, 2.05) is 11.8 Å². The smallest absolute Gasteiger partial charge is 0.174 e. The molecule has 0 spiro atoms. The average Bonchev–Trinajstić information content (AvgIpc) is 3.33. The molecule has 0 radical (unpaired) electrons. The van der Waals surface area contributed by atoms with Crippen molar-refractivity contribution < 1.29 is 0 Å². The molecule has 0 amide bonds. The van der Waals surface area contributed by atoms with Crippen molar-refractivity contribution in [1.29, 1.82) is 0 Å². The monoisotopic (exact) mass is 466 g/mol. The molecule has 0 fully saturated rings. The average molecular weight is 467 g/mol. The molecule has 3 heteroatoms. The van der Waals surface area contributed by atoms with Crippen molar-refractivity contribution in [2.75, 3.05) is 0 Å². The van der Waals surface area contributed by atoms with E-state index >= 15 is 0 Å². The van der Waals surface area contributed by atoms with Gasteiger partial charge in [0.15, 0.2) is 5.16 Å². The molecule has 0 saturated carbocycles. The van der Waals surface area contributed by atoms with E-state index in [0.29, 0.717) is 0 Å². The molecule has 5 aromatic carbocycles. The van der Waals surface area contributed by atoms with E-state index in [1.165, 1.54) is 44.6 Å². The second-order valence-electron chi connectivity index (χ2n) is 8.88. The van der Waals surface area contributed by atoms with Gasteiger partial charge >= 0.3 is 0 Å². The van der Waals surface area contributed by atoms with Gasteiger partial charge in [0.1, 0.15) is 0 Å². The van der Waals surface area contributed by atoms with Gasteiger partial charge in [-0.25, -0.2) is 4.98 Å². The van der Waals surface area contributed by atoms with Gasteiger partial charge < -0.3 is 0 Å². The summed E-state index contributed by atoms with van der Waals surface area (Å²) in [5.41, 5.74) is 12.1. The highest BCUT2D eigenvalue weighted by Gasteiger charge is 2.21. The first kappa shape index (κ1) is 20.3. The van der Waals surface area contributed by atoms with Crippen LogP contribution in [0.3, 0.4) is 0 Å². The van der Waals surface area contributed by atoms with Crippen molar-refractivity contribution >= 4 is 22.8 Å². The number of thioether (sulfide) groups is 1. The number of imidazole rings is 1. The summed E-state index contributed by atoms with van der Waals surface area (Å²) in [5, 5.41) is 1.07. The number of benzene rings is 5. The molecule has 0 aliphatic carbocycles. The second-order valence-corrected chi connectivity index (χ2v) is 9.82. The lowest BCUT2D eigenvalue weighted by Crippen LogP contribution is -2.06.